The zero-order valence-electron chi connectivity index (χ0n) is 13.9. The van der Waals surface area contributed by atoms with Crippen molar-refractivity contribution in [1.82, 2.24) is 9.97 Å². The van der Waals surface area contributed by atoms with Gasteiger partial charge in [-0.05, 0) is 31.5 Å². The fourth-order valence-electron chi connectivity index (χ4n) is 2.02. The molecule has 2 rings (SSSR count). The van der Waals surface area contributed by atoms with E-state index in [2.05, 4.69) is 20.6 Å². The predicted molar refractivity (Wildman–Crippen MR) is 92.6 cm³/mol. The Bertz CT molecular complexity index is 664. The zero-order valence-corrected chi connectivity index (χ0v) is 13.9. The molecule has 0 fully saturated rings. The van der Waals surface area contributed by atoms with Gasteiger partial charge in [-0.1, -0.05) is 12.1 Å². The molecule has 2 aromatic rings. The van der Waals surface area contributed by atoms with Crippen LogP contribution < -0.4 is 15.4 Å². The summed E-state index contributed by atoms with van der Waals surface area (Å²) in [6.45, 7) is 3.74. The highest BCUT2D eigenvalue weighted by atomic mass is 16.5. The fraction of sp³-hybridized carbons (Fsp3) is 0.353. The normalized spacial score (nSPS) is 10.2. The number of nitrogens with one attached hydrogen (secondary N) is 2. The molecule has 0 saturated carbocycles. The number of para-hydroxylation sites is 2. The molecule has 2 N–H and O–H groups in total. The van der Waals surface area contributed by atoms with Crippen molar-refractivity contribution in [2.24, 2.45) is 0 Å². The van der Waals surface area contributed by atoms with Crippen molar-refractivity contribution < 1.29 is 14.3 Å². The number of benzene rings is 1. The summed E-state index contributed by atoms with van der Waals surface area (Å²) in [7, 11) is 1.65. The van der Waals surface area contributed by atoms with Crippen LogP contribution in [0.5, 0.6) is 5.75 Å². The van der Waals surface area contributed by atoms with E-state index >= 15 is 0 Å². The highest BCUT2D eigenvalue weighted by Crippen LogP contribution is 2.24. The standard InChI is InChI=1S/C17H22N4O3/c1-3-24-15-8-5-4-7-13(15)20-16(22)14-9-11-19-17(21-14)18-10-6-12-23-2/h4-5,7-9,11H,3,6,10,12H2,1-2H3,(H,20,22)(H,18,19,21). The Hall–Kier alpha value is -2.67. The summed E-state index contributed by atoms with van der Waals surface area (Å²) >= 11 is 0. The first-order valence-corrected chi connectivity index (χ1v) is 7.83. The number of carbonyl (C=O) groups excluding carboxylic acids is 1. The molecule has 0 spiro atoms. The first-order valence-electron chi connectivity index (χ1n) is 7.83. The molecule has 0 bridgehead atoms. The number of anilines is 2. The van der Waals surface area contributed by atoms with E-state index in [9.17, 15) is 4.79 Å². The third-order valence-electron chi connectivity index (χ3n) is 3.13. The number of hydrogen-bond donors (Lipinski definition) is 2. The number of nitrogens with zero attached hydrogens (tertiary/aromatic N) is 2. The number of ether oxygens (including phenoxy) is 2. The third-order valence-corrected chi connectivity index (χ3v) is 3.13. The van der Waals surface area contributed by atoms with Gasteiger partial charge in [0.1, 0.15) is 11.4 Å². The van der Waals surface area contributed by atoms with Crippen LogP contribution in [-0.4, -0.2) is 42.7 Å². The van der Waals surface area contributed by atoms with Gasteiger partial charge in [0.05, 0.1) is 12.3 Å². The van der Waals surface area contributed by atoms with E-state index in [1.54, 1.807) is 25.4 Å². The molecule has 128 valence electrons. The number of methoxy groups -OCH3 is 1. The summed E-state index contributed by atoms with van der Waals surface area (Å²) in [6, 6.07) is 8.85. The van der Waals surface area contributed by atoms with Crippen LogP contribution in [0, 0.1) is 0 Å². The van der Waals surface area contributed by atoms with Crippen molar-refractivity contribution in [3.63, 3.8) is 0 Å². The van der Waals surface area contributed by atoms with E-state index in [0.29, 0.717) is 37.1 Å². The summed E-state index contributed by atoms with van der Waals surface area (Å²) in [6.07, 6.45) is 2.38. The Kier molecular flexibility index (Phi) is 6.97. The van der Waals surface area contributed by atoms with E-state index in [-0.39, 0.29) is 11.6 Å². The lowest BCUT2D eigenvalue weighted by molar-refractivity contribution is 0.102. The lowest BCUT2D eigenvalue weighted by Gasteiger charge is -2.11. The first kappa shape index (κ1) is 17.7. The van der Waals surface area contributed by atoms with E-state index in [1.165, 1.54) is 0 Å². The Labute approximate surface area is 141 Å². The van der Waals surface area contributed by atoms with Crippen LogP contribution in [0.1, 0.15) is 23.8 Å². The maximum Gasteiger partial charge on any atom is 0.274 e. The van der Waals surface area contributed by atoms with Gasteiger partial charge in [0.2, 0.25) is 5.95 Å². The van der Waals surface area contributed by atoms with Gasteiger partial charge >= 0.3 is 0 Å². The second kappa shape index (κ2) is 9.46. The van der Waals surface area contributed by atoms with Crippen molar-refractivity contribution in [2.75, 3.05) is 37.5 Å². The molecule has 1 aromatic carbocycles. The van der Waals surface area contributed by atoms with Crippen LogP contribution >= 0.6 is 0 Å². The minimum Gasteiger partial charge on any atom is -0.492 e. The van der Waals surface area contributed by atoms with Crippen molar-refractivity contribution >= 4 is 17.5 Å². The molecule has 1 aromatic heterocycles. The summed E-state index contributed by atoms with van der Waals surface area (Å²) in [5, 5.41) is 5.88. The van der Waals surface area contributed by atoms with Gasteiger partial charge < -0.3 is 20.1 Å². The summed E-state index contributed by atoms with van der Waals surface area (Å²) in [5.74, 6) is 0.724. The average Bonchev–Trinajstić information content (AvgIpc) is 2.61. The summed E-state index contributed by atoms with van der Waals surface area (Å²) in [4.78, 5) is 20.7. The second-order valence-corrected chi connectivity index (χ2v) is 4.92. The quantitative estimate of drug-likeness (QED) is 0.687. The number of carbonyl (C=O) groups is 1. The van der Waals surface area contributed by atoms with Crippen molar-refractivity contribution in [1.29, 1.82) is 0 Å². The molecule has 0 unspecified atom stereocenters. The Morgan fingerprint density at radius 2 is 2.08 bits per heavy atom. The molecule has 7 heteroatoms. The highest BCUT2D eigenvalue weighted by molar-refractivity contribution is 6.03. The van der Waals surface area contributed by atoms with Crippen LogP contribution in [0.15, 0.2) is 36.5 Å². The number of rotatable bonds is 9. The molecule has 24 heavy (non-hydrogen) atoms. The highest BCUT2D eigenvalue weighted by Gasteiger charge is 2.11. The second-order valence-electron chi connectivity index (χ2n) is 4.92. The molecular weight excluding hydrogens is 308 g/mol. The maximum atomic E-state index is 12.4. The average molecular weight is 330 g/mol. The zero-order chi connectivity index (χ0) is 17.2. The van der Waals surface area contributed by atoms with E-state index < -0.39 is 0 Å². The van der Waals surface area contributed by atoms with Crippen molar-refractivity contribution in [3.05, 3.63) is 42.2 Å². The molecule has 0 saturated heterocycles. The molecule has 1 amide bonds. The van der Waals surface area contributed by atoms with Crippen LogP contribution in [0.4, 0.5) is 11.6 Å². The summed E-state index contributed by atoms with van der Waals surface area (Å²) in [5.41, 5.74) is 0.892. The summed E-state index contributed by atoms with van der Waals surface area (Å²) < 4.78 is 10.5. The van der Waals surface area contributed by atoms with E-state index in [4.69, 9.17) is 9.47 Å². The van der Waals surface area contributed by atoms with Crippen molar-refractivity contribution in [2.45, 2.75) is 13.3 Å². The molecule has 0 aliphatic heterocycles. The number of amides is 1. The monoisotopic (exact) mass is 330 g/mol. The van der Waals surface area contributed by atoms with Crippen LogP contribution in [0.25, 0.3) is 0 Å². The minimum atomic E-state index is -0.315. The van der Waals surface area contributed by atoms with Gasteiger partial charge in [-0.2, -0.15) is 0 Å². The molecule has 1 heterocycles. The predicted octanol–water partition coefficient (Wildman–Crippen LogP) is 2.58. The lowest BCUT2D eigenvalue weighted by Crippen LogP contribution is -2.16. The smallest absolute Gasteiger partial charge is 0.274 e. The van der Waals surface area contributed by atoms with Gasteiger partial charge in [0, 0.05) is 26.5 Å². The first-order chi connectivity index (χ1) is 11.7. The molecular formula is C17H22N4O3. The van der Waals surface area contributed by atoms with Crippen LogP contribution in [-0.2, 0) is 4.74 Å². The van der Waals surface area contributed by atoms with Gasteiger partial charge in [-0.3, -0.25) is 4.79 Å². The van der Waals surface area contributed by atoms with Gasteiger partial charge in [-0.15, -0.1) is 0 Å². The Morgan fingerprint density at radius 1 is 1.25 bits per heavy atom. The molecule has 0 aliphatic rings. The molecule has 0 atom stereocenters. The lowest BCUT2D eigenvalue weighted by atomic mass is 10.2. The largest absolute Gasteiger partial charge is 0.492 e. The minimum absolute atomic E-state index is 0.283. The third kappa shape index (κ3) is 5.20. The SMILES string of the molecule is CCOc1ccccc1NC(=O)c1ccnc(NCCCOC)n1. The molecule has 0 radical (unpaired) electrons. The van der Waals surface area contributed by atoms with Gasteiger partial charge in [0.15, 0.2) is 0 Å². The van der Waals surface area contributed by atoms with E-state index in [1.807, 2.05) is 25.1 Å². The van der Waals surface area contributed by atoms with Crippen molar-refractivity contribution in [3.8, 4) is 5.75 Å². The number of aromatic nitrogens is 2. The Balaban J connectivity index is 2.02. The molecule has 0 aliphatic carbocycles. The van der Waals surface area contributed by atoms with Crippen LogP contribution in [0.3, 0.4) is 0 Å². The molecule has 7 nitrogen and oxygen atoms in total. The number of hydrogen-bond acceptors (Lipinski definition) is 6. The maximum absolute atomic E-state index is 12.4. The van der Waals surface area contributed by atoms with E-state index in [0.717, 1.165) is 6.42 Å². The topological polar surface area (TPSA) is 85.4 Å². The van der Waals surface area contributed by atoms with Gasteiger partial charge in [-0.25, -0.2) is 9.97 Å². The Morgan fingerprint density at radius 3 is 2.88 bits per heavy atom. The fourth-order valence-corrected chi connectivity index (χ4v) is 2.02. The van der Waals surface area contributed by atoms with Crippen LogP contribution in [0.2, 0.25) is 0 Å². The van der Waals surface area contributed by atoms with Gasteiger partial charge in [0.25, 0.3) is 5.91 Å².